The van der Waals surface area contributed by atoms with E-state index in [4.69, 9.17) is 0 Å². The van der Waals surface area contributed by atoms with Gasteiger partial charge in [0.2, 0.25) is 0 Å². The normalized spacial score (nSPS) is 15.9. The van der Waals surface area contributed by atoms with E-state index in [0.717, 1.165) is 41.5 Å². The zero-order valence-corrected chi connectivity index (χ0v) is 20.1. The zero-order valence-electron chi connectivity index (χ0n) is 20.1. The number of halogens is 3. The summed E-state index contributed by atoms with van der Waals surface area (Å²) in [7, 11) is 0. The summed E-state index contributed by atoms with van der Waals surface area (Å²) in [6.07, 6.45) is 9.00. The predicted molar refractivity (Wildman–Crippen MR) is 135 cm³/mol. The fraction of sp³-hybridized carbons (Fsp3) is 0.355. The van der Waals surface area contributed by atoms with E-state index in [1.54, 1.807) is 18.2 Å². The lowest BCUT2D eigenvalue weighted by molar-refractivity contribution is 0.443. The maximum absolute atomic E-state index is 14.9. The van der Waals surface area contributed by atoms with Gasteiger partial charge in [-0.05, 0) is 83.9 Å². The largest absolute Gasteiger partial charge is 0.207 e. The van der Waals surface area contributed by atoms with Crippen LogP contribution in [0.3, 0.4) is 0 Å². The van der Waals surface area contributed by atoms with Crippen molar-refractivity contribution in [2.45, 2.75) is 65.2 Å². The second-order valence-electron chi connectivity index (χ2n) is 9.42. The first kappa shape index (κ1) is 24.3. The van der Waals surface area contributed by atoms with Gasteiger partial charge in [0.05, 0.1) is 0 Å². The summed E-state index contributed by atoms with van der Waals surface area (Å²) in [6.45, 7) is 4.12. The summed E-state index contributed by atoms with van der Waals surface area (Å²) < 4.78 is 43.9. The summed E-state index contributed by atoms with van der Waals surface area (Å²) in [5.74, 6) is -0.959. The Labute approximate surface area is 201 Å². The van der Waals surface area contributed by atoms with Crippen LogP contribution in [0.15, 0.2) is 60.7 Å². The second kappa shape index (κ2) is 11.1. The highest BCUT2D eigenvalue weighted by atomic mass is 19.2. The number of allylic oxidation sites excluding steroid dienone is 2. The monoisotopic (exact) mass is 462 g/mol. The first-order chi connectivity index (χ1) is 16.5. The molecule has 1 aliphatic rings. The van der Waals surface area contributed by atoms with E-state index in [0.29, 0.717) is 41.9 Å². The molecule has 0 radical (unpaired) electrons. The third-order valence-corrected chi connectivity index (χ3v) is 7.13. The quantitative estimate of drug-likeness (QED) is 0.313. The van der Waals surface area contributed by atoms with Gasteiger partial charge in [0, 0.05) is 5.56 Å². The van der Waals surface area contributed by atoms with Crippen LogP contribution in [0.5, 0.6) is 0 Å². The highest BCUT2D eigenvalue weighted by Crippen LogP contribution is 2.34. The van der Waals surface area contributed by atoms with Crippen molar-refractivity contribution in [3.8, 4) is 11.1 Å². The molecule has 0 aromatic heterocycles. The van der Waals surface area contributed by atoms with E-state index in [1.165, 1.54) is 12.8 Å². The van der Waals surface area contributed by atoms with E-state index < -0.39 is 11.6 Å². The summed E-state index contributed by atoms with van der Waals surface area (Å²) in [5, 5.41) is 0. The fourth-order valence-corrected chi connectivity index (χ4v) is 4.99. The Morgan fingerprint density at radius 2 is 1.53 bits per heavy atom. The summed E-state index contributed by atoms with van der Waals surface area (Å²) in [5.41, 5.74) is 5.28. The lowest BCUT2D eigenvalue weighted by atomic mass is 9.84. The Balaban J connectivity index is 1.42. The number of hydrogen-bond acceptors (Lipinski definition) is 0. The van der Waals surface area contributed by atoms with Crippen LogP contribution >= 0.6 is 0 Å². The molecule has 0 amide bonds. The molecular weight excluding hydrogens is 429 g/mol. The minimum absolute atomic E-state index is 0.185. The Morgan fingerprint density at radius 1 is 0.794 bits per heavy atom. The molecule has 0 spiro atoms. The number of rotatable bonds is 8. The van der Waals surface area contributed by atoms with Gasteiger partial charge in [0.15, 0.2) is 11.6 Å². The highest BCUT2D eigenvalue weighted by molar-refractivity contribution is 5.67. The molecule has 0 nitrogen and oxygen atoms in total. The summed E-state index contributed by atoms with van der Waals surface area (Å²) >= 11 is 0. The Morgan fingerprint density at radius 3 is 2.18 bits per heavy atom. The predicted octanol–water partition coefficient (Wildman–Crippen LogP) is 9.10. The molecule has 3 aromatic rings. The Kier molecular flexibility index (Phi) is 7.92. The molecule has 0 saturated carbocycles. The second-order valence-corrected chi connectivity index (χ2v) is 9.42. The van der Waals surface area contributed by atoms with Gasteiger partial charge in [-0.2, -0.15) is 0 Å². The van der Waals surface area contributed by atoms with Gasteiger partial charge >= 0.3 is 0 Å². The van der Waals surface area contributed by atoms with Crippen molar-refractivity contribution >= 4 is 5.57 Å². The third kappa shape index (κ3) is 5.46. The van der Waals surface area contributed by atoms with Crippen LogP contribution in [0.1, 0.15) is 68.2 Å². The van der Waals surface area contributed by atoms with Crippen molar-refractivity contribution in [3.05, 3.63) is 100 Å². The van der Waals surface area contributed by atoms with Crippen LogP contribution in [0.4, 0.5) is 13.2 Å². The van der Waals surface area contributed by atoms with E-state index in [9.17, 15) is 13.2 Å². The van der Waals surface area contributed by atoms with Crippen LogP contribution in [0.2, 0.25) is 0 Å². The van der Waals surface area contributed by atoms with Crippen LogP contribution in [0, 0.1) is 23.4 Å². The minimum atomic E-state index is -0.725. The van der Waals surface area contributed by atoms with Gasteiger partial charge in [0.25, 0.3) is 0 Å². The van der Waals surface area contributed by atoms with E-state index >= 15 is 0 Å². The third-order valence-electron chi connectivity index (χ3n) is 7.13. The molecule has 0 bridgehead atoms. The molecule has 0 fully saturated rings. The molecule has 178 valence electrons. The average molecular weight is 463 g/mol. The van der Waals surface area contributed by atoms with Crippen molar-refractivity contribution in [2.75, 3.05) is 0 Å². The van der Waals surface area contributed by atoms with Crippen molar-refractivity contribution in [1.82, 2.24) is 0 Å². The highest BCUT2D eigenvalue weighted by Gasteiger charge is 2.20. The fourth-order valence-electron chi connectivity index (χ4n) is 4.99. The molecule has 3 aromatic carbocycles. The maximum Gasteiger partial charge on any atom is 0.166 e. The lowest BCUT2D eigenvalue weighted by Gasteiger charge is -2.22. The summed E-state index contributed by atoms with van der Waals surface area (Å²) in [6, 6.07) is 16.7. The Bertz CT molecular complexity index is 1160. The summed E-state index contributed by atoms with van der Waals surface area (Å²) in [4.78, 5) is 0. The van der Waals surface area contributed by atoms with Gasteiger partial charge in [-0.1, -0.05) is 81.3 Å². The first-order valence-corrected chi connectivity index (χ1v) is 12.5. The molecule has 0 N–H and O–H groups in total. The van der Waals surface area contributed by atoms with Gasteiger partial charge in [0.1, 0.15) is 5.82 Å². The van der Waals surface area contributed by atoms with Crippen molar-refractivity contribution < 1.29 is 13.2 Å². The molecule has 0 aliphatic heterocycles. The lowest BCUT2D eigenvalue weighted by Crippen LogP contribution is -2.07. The van der Waals surface area contributed by atoms with Gasteiger partial charge in [-0.15, -0.1) is 0 Å². The molecule has 4 rings (SSSR count). The van der Waals surface area contributed by atoms with Crippen molar-refractivity contribution in [2.24, 2.45) is 5.92 Å². The number of aryl methyl sites for hydroxylation is 3. The first-order valence-electron chi connectivity index (χ1n) is 12.5. The number of hydrogen-bond donors (Lipinski definition) is 0. The number of benzene rings is 3. The van der Waals surface area contributed by atoms with E-state index in [2.05, 4.69) is 13.0 Å². The molecule has 3 heteroatoms. The van der Waals surface area contributed by atoms with Gasteiger partial charge in [-0.25, -0.2) is 13.2 Å². The molecule has 34 heavy (non-hydrogen) atoms. The maximum atomic E-state index is 14.9. The molecule has 1 unspecified atom stereocenters. The molecule has 1 atom stereocenters. The standard InChI is InChI=1S/C31H33F3/c1-3-5-21-8-13-25(14-9-21)28-19-18-26(30(33)31(28)34)15-10-22-6-11-24(12-7-22)27-17-16-23(4-2)29(32)20-27/h6-7,11-13,16-21H,3-5,8-10,14-15H2,1-2H3. The average Bonchev–Trinajstić information content (AvgIpc) is 2.86. The topological polar surface area (TPSA) is 0 Å². The molecular formula is C31H33F3. The van der Waals surface area contributed by atoms with Crippen LogP contribution < -0.4 is 0 Å². The van der Waals surface area contributed by atoms with Crippen molar-refractivity contribution in [1.29, 1.82) is 0 Å². The molecule has 0 heterocycles. The minimum Gasteiger partial charge on any atom is -0.207 e. The van der Waals surface area contributed by atoms with Crippen LogP contribution in [-0.4, -0.2) is 0 Å². The van der Waals surface area contributed by atoms with Crippen LogP contribution in [0.25, 0.3) is 16.7 Å². The van der Waals surface area contributed by atoms with E-state index in [1.807, 2.05) is 43.3 Å². The van der Waals surface area contributed by atoms with E-state index in [-0.39, 0.29) is 5.82 Å². The van der Waals surface area contributed by atoms with Crippen LogP contribution in [-0.2, 0) is 19.3 Å². The SMILES string of the molecule is CCCC1CC=C(c2ccc(CCc3ccc(-c4ccc(CC)c(F)c4)cc3)c(F)c2F)CC1. The van der Waals surface area contributed by atoms with Gasteiger partial charge in [-0.3, -0.25) is 0 Å². The van der Waals surface area contributed by atoms with Gasteiger partial charge < -0.3 is 0 Å². The Hall–Kier alpha value is -2.81. The smallest absolute Gasteiger partial charge is 0.166 e. The zero-order chi connectivity index (χ0) is 24.1. The molecule has 1 aliphatic carbocycles. The van der Waals surface area contributed by atoms with Crippen molar-refractivity contribution in [3.63, 3.8) is 0 Å². The molecule has 0 saturated heterocycles.